The van der Waals surface area contributed by atoms with E-state index in [0.717, 1.165) is 41.7 Å². The van der Waals surface area contributed by atoms with Gasteiger partial charge in [0.25, 0.3) is 5.91 Å². The van der Waals surface area contributed by atoms with E-state index in [-0.39, 0.29) is 17.6 Å². The largest absolute Gasteiger partial charge is 0.376 e. The summed E-state index contributed by atoms with van der Waals surface area (Å²) in [6.45, 7) is 7.30. The van der Waals surface area contributed by atoms with Crippen LogP contribution in [-0.4, -0.2) is 48.1 Å². The van der Waals surface area contributed by atoms with Crippen molar-refractivity contribution >= 4 is 22.8 Å². The van der Waals surface area contributed by atoms with Crippen molar-refractivity contribution in [1.29, 1.82) is 0 Å². The Morgan fingerprint density at radius 3 is 2.88 bits per heavy atom. The zero-order valence-electron chi connectivity index (χ0n) is 18.7. The summed E-state index contributed by atoms with van der Waals surface area (Å²) in [6.07, 6.45) is 5.21. The highest BCUT2D eigenvalue weighted by Crippen LogP contribution is 2.30. The number of hydrogen-bond donors (Lipinski definition) is 1. The molecule has 33 heavy (non-hydrogen) atoms. The number of amides is 1. The molecule has 1 amide bonds. The minimum absolute atomic E-state index is 0.124. The lowest BCUT2D eigenvalue weighted by molar-refractivity contribution is 0.0974. The van der Waals surface area contributed by atoms with Crippen molar-refractivity contribution in [3.63, 3.8) is 0 Å². The van der Waals surface area contributed by atoms with Crippen molar-refractivity contribution in [2.45, 2.75) is 46.3 Å². The molecule has 1 aliphatic rings. The molecule has 5 rings (SSSR count). The fourth-order valence-electron chi connectivity index (χ4n) is 4.31. The maximum Gasteiger partial charge on any atom is 0.279 e. The minimum atomic E-state index is -0.440. The lowest BCUT2D eigenvalue weighted by Gasteiger charge is -2.13. The highest BCUT2D eigenvalue weighted by molar-refractivity contribution is 6.07. The van der Waals surface area contributed by atoms with E-state index in [4.69, 9.17) is 4.74 Å². The highest BCUT2D eigenvalue weighted by atomic mass is 19.1. The molecule has 4 aromatic rings. The third-order valence-electron chi connectivity index (χ3n) is 6.18. The number of benzene rings is 1. The van der Waals surface area contributed by atoms with Crippen LogP contribution in [0.4, 0.5) is 10.2 Å². The number of rotatable bonds is 5. The molecule has 10 heteroatoms. The number of ether oxygens (including phenoxy) is 1. The Kier molecular flexibility index (Phi) is 5.37. The second-order valence-corrected chi connectivity index (χ2v) is 8.31. The van der Waals surface area contributed by atoms with Crippen LogP contribution in [0.25, 0.3) is 16.7 Å². The van der Waals surface area contributed by atoms with Crippen molar-refractivity contribution < 1.29 is 13.9 Å². The Hall–Kier alpha value is -3.66. The summed E-state index contributed by atoms with van der Waals surface area (Å²) < 4.78 is 22.8. The van der Waals surface area contributed by atoms with Crippen molar-refractivity contribution in [1.82, 2.24) is 29.5 Å². The number of aryl methyl sites for hydroxylation is 2. The normalized spacial score (nSPS) is 15.9. The lowest BCUT2D eigenvalue weighted by atomic mass is 10.2. The van der Waals surface area contributed by atoms with Crippen LogP contribution in [0.1, 0.15) is 40.2 Å². The smallest absolute Gasteiger partial charge is 0.279 e. The first kappa shape index (κ1) is 21.2. The van der Waals surface area contributed by atoms with Gasteiger partial charge in [0.2, 0.25) is 0 Å². The number of fused-ring (bicyclic) bond motifs is 1. The molecule has 0 aliphatic carbocycles. The summed E-state index contributed by atoms with van der Waals surface area (Å²) in [7, 11) is 0. The van der Waals surface area contributed by atoms with Gasteiger partial charge in [0.05, 0.1) is 29.9 Å². The molecule has 0 spiro atoms. The van der Waals surface area contributed by atoms with Crippen molar-refractivity contribution in [3.8, 4) is 5.69 Å². The van der Waals surface area contributed by atoms with Crippen LogP contribution in [0, 0.1) is 26.6 Å². The van der Waals surface area contributed by atoms with Crippen LogP contribution in [0.5, 0.6) is 0 Å². The molecular weight excluding hydrogens is 425 g/mol. The van der Waals surface area contributed by atoms with Gasteiger partial charge >= 0.3 is 0 Å². The predicted molar refractivity (Wildman–Crippen MR) is 120 cm³/mol. The quantitative estimate of drug-likeness (QED) is 0.501. The zero-order chi connectivity index (χ0) is 23.1. The van der Waals surface area contributed by atoms with Crippen molar-refractivity contribution in [2.24, 2.45) is 0 Å². The molecular formula is C23H24FN7O2. The van der Waals surface area contributed by atoms with E-state index in [9.17, 15) is 9.18 Å². The molecule has 4 heterocycles. The standard InChI is InChI=1S/C23H24FN7O2/c1-13-9-16(24)6-7-19(13)31-11-18(28-29-31)23(32)27-21-20-14(2)15(3)30(22(20)26-12-25-21)10-17-5-4-8-33-17/h6-7,9,11-12,17H,4-5,8,10H2,1-3H3,(H,25,26,27,32)/t17-/m1/s1. The van der Waals surface area contributed by atoms with Gasteiger partial charge in [0.15, 0.2) is 5.69 Å². The summed E-state index contributed by atoms with van der Waals surface area (Å²) in [6, 6.07) is 4.34. The zero-order valence-corrected chi connectivity index (χ0v) is 18.7. The summed E-state index contributed by atoms with van der Waals surface area (Å²) in [5.41, 5.74) is 4.28. The second kappa shape index (κ2) is 8.36. The first-order valence-corrected chi connectivity index (χ1v) is 10.8. The summed E-state index contributed by atoms with van der Waals surface area (Å²) in [5.74, 6) is -0.353. The molecule has 1 aromatic carbocycles. The number of halogens is 1. The third kappa shape index (κ3) is 3.86. The van der Waals surface area contributed by atoms with Crippen LogP contribution in [0.15, 0.2) is 30.7 Å². The van der Waals surface area contributed by atoms with E-state index in [1.165, 1.54) is 29.3 Å². The van der Waals surface area contributed by atoms with E-state index in [1.54, 1.807) is 13.0 Å². The van der Waals surface area contributed by atoms with Gasteiger partial charge in [-0.2, -0.15) is 0 Å². The Morgan fingerprint density at radius 1 is 1.27 bits per heavy atom. The lowest BCUT2D eigenvalue weighted by Crippen LogP contribution is -2.16. The molecule has 1 atom stereocenters. The fraction of sp³-hybridized carbons (Fsp3) is 0.348. The minimum Gasteiger partial charge on any atom is -0.376 e. The molecule has 0 saturated carbocycles. The van der Waals surface area contributed by atoms with Gasteiger partial charge < -0.3 is 14.6 Å². The first-order chi connectivity index (χ1) is 15.9. The number of nitrogens with one attached hydrogen (secondary N) is 1. The van der Waals surface area contributed by atoms with Gasteiger partial charge in [-0.05, 0) is 62.9 Å². The van der Waals surface area contributed by atoms with E-state index >= 15 is 0 Å². The SMILES string of the molecule is Cc1cc(F)ccc1-n1cc(C(=O)Nc2ncnc3c2c(C)c(C)n3C[C@H]2CCCO2)nn1. The number of carbonyl (C=O) groups is 1. The van der Waals surface area contributed by atoms with Gasteiger partial charge in [-0.1, -0.05) is 5.21 Å². The topological polar surface area (TPSA) is 99.8 Å². The molecule has 1 fully saturated rings. The number of aromatic nitrogens is 6. The molecule has 0 radical (unpaired) electrons. The fourth-order valence-corrected chi connectivity index (χ4v) is 4.31. The Labute approximate surface area is 189 Å². The number of hydrogen-bond acceptors (Lipinski definition) is 6. The van der Waals surface area contributed by atoms with Gasteiger partial charge in [-0.3, -0.25) is 4.79 Å². The molecule has 0 unspecified atom stereocenters. The summed E-state index contributed by atoms with van der Waals surface area (Å²) in [5, 5.41) is 11.7. The number of nitrogens with zero attached hydrogens (tertiary/aromatic N) is 6. The number of carbonyl (C=O) groups excluding carboxylic acids is 1. The Balaban J connectivity index is 1.43. The predicted octanol–water partition coefficient (Wildman–Crippen LogP) is 3.51. The molecule has 1 N–H and O–H groups in total. The molecule has 1 aliphatic heterocycles. The number of anilines is 1. The highest BCUT2D eigenvalue weighted by Gasteiger charge is 2.23. The monoisotopic (exact) mass is 449 g/mol. The van der Waals surface area contributed by atoms with Crippen LogP contribution in [0.2, 0.25) is 0 Å². The summed E-state index contributed by atoms with van der Waals surface area (Å²) >= 11 is 0. The average molecular weight is 449 g/mol. The van der Waals surface area contributed by atoms with Gasteiger partial charge in [0, 0.05) is 12.3 Å². The molecule has 9 nitrogen and oxygen atoms in total. The van der Waals surface area contributed by atoms with Gasteiger partial charge in [-0.25, -0.2) is 19.0 Å². The van der Waals surface area contributed by atoms with Crippen LogP contribution < -0.4 is 5.32 Å². The Morgan fingerprint density at radius 2 is 2.12 bits per heavy atom. The van der Waals surface area contributed by atoms with Gasteiger partial charge in [0.1, 0.15) is 23.6 Å². The second-order valence-electron chi connectivity index (χ2n) is 8.31. The van der Waals surface area contributed by atoms with E-state index in [2.05, 4.69) is 30.2 Å². The van der Waals surface area contributed by atoms with Crippen molar-refractivity contribution in [3.05, 3.63) is 59.1 Å². The third-order valence-corrected chi connectivity index (χ3v) is 6.18. The molecule has 3 aromatic heterocycles. The van der Waals surface area contributed by atoms with Crippen LogP contribution in [-0.2, 0) is 11.3 Å². The maximum atomic E-state index is 13.4. The van der Waals surface area contributed by atoms with E-state index in [0.29, 0.717) is 23.6 Å². The van der Waals surface area contributed by atoms with Crippen LogP contribution >= 0.6 is 0 Å². The van der Waals surface area contributed by atoms with E-state index < -0.39 is 5.91 Å². The van der Waals surface area contributed by atoms with Crippen molar-refractivity contribution in [2.75, 3.05) is 11.9 Å². The Bertz CT molecular complexity index is 1350. The molecule has 1 saturated heterocycles. The van der Waals surface area contributed by atoms with E-state index in [1.807, 2.05) is 13.8 Å². The molecule has 170 valence electrons. The average Bonchev–Trinajstić information content (AvgIpc) is 3.52. The first-order valence-electron chi connectivity index (χ1n) is 10.8. The van der Waals surface area contributed by atoms with Gasteiger partial charge in [-0.15, -0.1) is 5.10 Å². The molecule has 0 bridgehead atoms. The summed E-state index contributed by atoms with van der Waals surface area (Å²) in [4.78, 5) is 21.8. The van der Waals surface area contributed by atoms with Crippen LogP contribution in [0.3, 0.4) is 0 Å². The maximum absolute atomic E-state index is 13.4.